The maximum atomic E-state index is 10.7. The molecule has 15 heteroatoms. The van der Waals surface area contributed by atoms with Gasteiger partial charge in [0.25, 0.3) is 0 Å². The van der Waals surface area contributed by atoms with E-state index in [1.165, 1.54) is 6.08 Å². The highest BCUT2D eigenvalue weighted by Gasteiger charge is 2.50. The number of hydrogen-bond acceptors (Lipinski definition) is 14. The molecule has 2 fully saturated rings. The Morgan fingerprint density at radius 2 is 1.46 bits per heavy atom. The number of aliphatic hydroxyl groups is 11. The van der Waals surface area contributed by atoms with Gasteiger partial charge < -0.3 is 71.0 Å². The van der Waals surface area contributed by atoms with Crippen molar-refractivity contribution < 1.29 is 71.1 Å². The zero-order valence-corrected chi connectivity index (χ0v) is 18.7. The first kappa shape index (κ1) is 30.4. The van der Waals surface area contributed by atoms with E-state index in [0.717, 1.165) is 0 Å². The fourth-order valence-corrected chi connectivity index (χ4v) is 4.77. The normalized spacial score (nSPS) is 48.7. The molecular formula is C20H36NO14. The minimum atomic E-state index is -1.75. The molecule has 1 saturated carbocycles. The molecular weight excluding hydrogens is 478 g/mol. The van der Waals surface area contributed by atoms with E-state index in [1.807, 2.05) is 0 Å². The van der Waals surface area contributed by atoms with Crippen LogP contribution in [0, 0.1) is 5.92 Å². The van der Waals surface area contributed by atoms with Crippen molar-refractivity contribution in [2.45, 2.75) is 85.8 Å². The molecule has 0 aromatic rings. The molecule has 35 heavy (non-hydrogen) atoms. The Morgan fingerprint density at radius 1 is 0.800 bits per heavy atom. The molecule has 1 radical (unpaired) electrons. The third-order valence-corrected chi connectivity index (χ3v) is 6.90. The number of aliphatic hydroxyl groups excluding tert-OH is 11. The van der Waals surface area contributed by atoms with Crippen molar-refractivity contribution in [1.82, 2.24) is 5.32 Å². The predicted molar refractivity (Wildman–Crippen MR) is 112 cm³/mol. The average molecular weight is 515 g/mol. The lowest BCUT2D eigenvalue weighted by atomic mass is 9.78. The number of hydrogen-bond donors (Lipinski definition) is 13. The molecule has 0 unspecified atom stereocenters. The van der Waals surface area contributed by atoms with Gasteiger partial charge in [-0.25, -0.2) is 0 Å². The maximum Gasteiger partial charge on any atom is 0.187 e. The van der Waals surface area contributed by atoms with E-state index in [9.17, 15) is 56.2 Å². The molecule has 2 aliphatic carbocycles. The highest BCUT2D eigenvalue weighted by molar-refractivity contribution is 5.22. The van der Waals surface area contributed by atoms with Crippen LogP contribution in [0.2, 0.25) is 0 Å². The molecule has 14 atom stereocenters. The van der Waals surface area contributed by atoms with Gasteiger partial charge in [-0.15, -0.1) is 0 Å². The van der Waals surface area contributed by atoms with Gasteiger partial charge in [-0.2, -0.15) is 0 Å². The van der Waals surface area contributed by atoms with Crippen LogP contribution in [-0.4, -0.2) is 161 Å². The first-order valence-electron chi connectivity index (χ1n) is 11.1. The number of ether oxygens (including phenoxy) is 2. The molecule has 1 saturated heterocycles. The van der Waals surface area contributed by atoms with Gasteiger partial charge in [0.2, 0.25) is 0 Å². The van der Waals surface area contributed by atoms with Gasteiger partial charge in [0.1, 0.15) is 48.8 Å². The van der Waals surface area contributed by atoms with Crippen LogP contribution < -0.4 is 5.32 Å². The third kappa shape index (κ3) is 6.01. The maximum absolute atomic E-state index is 10.7. The Labute approximate surface area is 200 Å². The lowest BCUT2D eigenvalue weighted by Gasteiger charge is -2.47. The molecule has 15 nitrogen and oxygen atoms in total. The second kappa shape index (κ2) is 12.6. The molecule has 205 valence electrons. The van der Waals surface area contributed by atoms with E-state index in [4.69, 9.17) is 9.47 Å². The van der Waals surface area contributed by atoms with Crippen molar-refractivity contribution in [2.75, 3.05) is 19.8 Å². The second-order valence-electron chi connectivity index (χ2n) is 9.08. The summed E-state index contributed by atoms with van der Waals surface area (Å²) in [5, 5.41) is 113. The first-order valence-corrected chi connectivity index (χ1v) is 11.1. The first-order chi connectivity index (χ1) is 16.0. The van der Waals surface area contributed by atoms with Gasteiger partial charge in [-0.05, 0) is 12.0 Å². The van der Waals surface area contributed by atoms with Crippen molar-refractivity contribution in [1.29, 1.82) is 0 Å². The average Bonchev–Trinajstić information content (AvgIpc) is 2.83. The summed E-state index contributed by atoms with van der Waals surface area (Å²) >= 11 is 0. The zero-order chi connectivity index (χ0) is 25.3. The lowest BCUT2D eigenvalue weighted by Crippen LogP contribution is -2.66. The molecule has 0 spiro atoms. The summed E-state index contributed by atoms with van der Waals surface area (Å²) in [5.41, 5.74) is 0.0590. The monoisotopic (exact) mass is 514 g/mol. The van der Waals surface area contributed by atoms with Gasteiger partial charge in [0.05, 0.1) is 31.5 Å². The Morgan fingerprint density at radius 3 is 2.03 bits per heavy atom. The van der Waals surface area contributed by atoms with Crippen LogP contribution in [0.1, 0.15) is 6.42 Å². The van der Waals surface area contributed by atoms with Crippen LogP contribution in [0.5, 0.6) is 0 Å². The molecule has 0 bridgehead atoms. The summed E-state index contributed by atoms with van der Waals surface area (Å²) in [6, 6.07) is -1.94. The molecule has 3 aliphatic rings. The topological polar surface area (TPSA) is 283 Å². The summed E-state index contributed by atoms with van der Waals surface area (Å²) in [5.74, 6) is -0.833. The summed E-state index contributed by atoms with van der Waals surface area (Å²) < 4.78 is 10.9. The van der Waals surface area contributed by atoms with E-state index in [1.54, 1.807) is 0 Å². The second-order valence-corrected chi connectivity index (χ2v) is 9.08. The quantitative estimate of drug-likeness (QED) is 0.141. The van der Waals surface area contributed by atoms with E-state index >= 15 is 0 Å². The minimum Gasteiger partial charge on any atom is -0.396 e. The highest BCUT2D eigenvalue weighted by Crippen LogP contribution is 2.33. The van der Waals surface area contributed by atoms with E-state index in [2.05, 4.69) is 5.32 Å². The fourth-order valence-electron chi connectivity index (χ4n) is 4.77. The molecule has 0 amide bonds. The van der Waals surface area contributed by atoms with Crippen LogP contribution >= 0.6 is 0 Å². The highest BCUT2D eigenvalue weighted by atomic mass is 16.7. The van der Waals surface area contributed by atoms with Crippen molar-refractivity contribution >= 4 is 0 Å². The summed E-state index contributed by atoms with van der Waals surface area (Å²) in [6.45, 7) is -1.80. The third-order valence-electron chi connectivity index (χ3n) is 6.90. The Balaban J connectivity index is 0.00000432. The van der Waals surface area contributed by atoms with E-state index < -0.39 is 105 Å². The van der Waals surface area contributed by atoms with Gasteiger partial charge in [-0.1, -0.05) is 6.08 Å². The van der Waals surface area contributed by atoms with Crippen molar-refractivity contribution in [3.63, 3.8) is 0 Å². The molecule has 0 aromatic carbocycles. The van der Waals surface area contributed by atoms with Crippen LogP contribution in [0.15, 0.2) is 11.6 Å². The fraction of sp³-hybridized carbons (Fsp3) is 0.900. The van der Waals surface area contributed by atoms with Crippen LogP contribution in [0.3, 0.4) is 0 Å². The minimum absolute atomic E-state index is 0. The summed E-state index contributed by atoms with van der Waals surface area (Å²) in [7, 11) is 0. The predicted octanol–water partition coefficient (Wildman–Crippen LogP) is -6.93. The summed E-state index contributed by atoms with van der Waals surface area (Å²) in [4.78, 5) is 0. The van der Waals surface area contributed by atoms with Gasteiger partial charge >= 0.3 is 0 Å². The zero-order valence-electron chi connectivity index (χ0n) is 18.7. The number of rotatable bonds is 7. The van der Waals surface area contributed by atoms with Crippen molar-refractivity contribution in [3.05, 3.63) is 11.6 Å². The van der Waals surface area contributed by atoms with Crippen LogP contribution in [-0.2, 0) is 9.47 Å². The SMILES string of the molecule is OCC1=C[C@H](N[C@H]2C[C@H](CO)[C@@H](O[C@@H]3O[C@H](CO)[C@@H](O)[C@H](O)[C@H]3O)[C@H](O)[C@H]2O)[C@H](O)[C@@H](O)[C@H]1O.[OH]. The van der Waals surface area contributed by atoms with Gasteiger partial charge in [0, 0.05) is 18.6 Å². The van der Waals surface area contributed by atoms with Crippen molar-refractivity contribution in [3.8, 4) is 0 Å². The molecule has 13 N–H and O–H groups in total. The Hall–Kier alpha value is -0.860. The van der Waals surface area contributed by atoms with Gasteiger partial charge in [0.15, 0.2) is 6.29 Å². The molecule has 3 rings (SSSR count). The number of nitrogens with one attached hydrogen (secondary N) is 1. The Bertz CT molecular complexity index is 695. The lowest BCUT2D eigenvalue weighted by molar-refractivity contribution is -0.328. The molecule has 1 heterocycles. The standard InChI is InChI=1S/C20H35NO13.HO/c22-3-6-1-8(12(26)15(29)11(6)25)21-9-2-7(4-23)19(17(31)13(9)27)34-20-18(32)16(30)14(28)10(5-24)33-20;/h1,7-32H,2-5H2;1H/t7-,8+,9+,10-,11+,12+,13+,14-,15+,16+,17-,18-,19-,20+;/m1./s1. The van der Waals surface area contributed by atoms with Crippen LogP contribution in [0.25, 0.3) is 0 Å². The van der Waals surface area contributed by atoms with Crippen LogP contribution in [0.4, 0.5) is 0 Å². The summed E-state index contributed by atoms with van der Waals surface area (Å²) in [6.07, 6.45) is -15.7. The molecule has 1 aliphatic heterocycles. The van der Waals surface area contributed by atoms with E-state index in [-0.39, 0.29) is 17.5 Å². The molecule has 0 aromatic heterocycles. The van der Waals surface area contributed by atoms with Crippen molar-refractivity contribution in [2.24, 2.45) is 5.92 Å². The van der Waals surface area contributed by atoms with E-state index in [0.29, 0.717) is 0 Å². The Kier molecular flexibility index (Phi) is 10.9. The smallest absolute Gasteiger partial charge is 0.187 e. The largest absolute Gasteiger partial charge is 0.396 e. The van der Waals surface area contributed by atoms with Gasteiger partial charge in [-0.3, -0.25) is 5.48 Å².